The Morgan fingerprint density at radius 1 is 1.57 bits per heavy atom. The Morgan fingerprint density at radius 3 is 2.71 bits per heavy atom. The van der Waals surface area contributed by atoms with Gasteiger partial charge in [-0.15, -0.1) is 0 Å². The zero-order valence-electron chi connectivity index (χ0n) is 8.90. The smallest absolute Gasteiger partial charge is 0.186 e. The van der Waals surface area contributed by atoms with E-state index < -0.39 is 5.60 Å². The van der Waals surface area contributed by atoms with Gasteiger partial charge in [0.15, 0.2) is 5.96 Å². The van der Waals surface area contributed by atoms with E-state index in [-0.39, 0.29) is 12.0 Å². The SMILES string of the molecule is CC(C)(O)CN1CC[C@H](N=C(N)N)C1. The van der Waals surface area contributed by atoms with Crippen molar-refractivity contribution in [3.05, 3.63) is 0 Å². The predicted molar refractivity (Wildman–Crippen MR) is 57.0 cm³/mol. The van der Waals surface area contributed by atoms with Gasteiger partial charge in [0.25, 0.3) is 0 Å². The zero-order valence-corrected chi connectivity index (χ0v) is 8.90. The number of β-amino-alcohol motifs (C(OH)–C–C–N with tert-alkyl or cyclic N) is 1. The molecule has 1 heterocycles. The largest absolute Gasteiger partial charge is 0.389 e. The van der Waals surface area contributed by atoms with Crippen LogP contribution in [-0.2, 0) is 0 Å². The molecule has 0 spiro atoms. The fraction of sp³-hybridized carbons (Fsp3) is 0.889. The van der Waals surface area contributed by atoms with Gasteiger partial charge in [0.2, 0.25) is 0 Å². The van der Waals surface area contributed by atoms with E-state index in [1.54, 1.807) is 13.8 Å². The quantitative estimate of drug-likeness (QED) is 0.407. The fourth-order valence-corrected chi connectivity index (χ4v) is 1.82. The summed E-state index contributed by atoms with van der Waals surface area (Å²) in [6.07, 6.45) is 0.966. The lowest BCUT2D eigenvalue weighted by molar-refractivity contribution is 0.0436. The van der Waals surface area contributed by atoms with Gasteiger partial charge >= 0.3 is 0 Å². The van der Waals surface area contributed by atoms with Crippen LogP contribution >= 0.6 is 0 Å². The van der Waals surface area contributed by atoms with Gasteiger partial charge in [0.05, 0.1) is 11.6 Å². The molecule has 1 aliphatic rings. The average Bonchev–Trinajstić information content (AvgIpc) is 2.30. The molecule has 0 aromatic carbocycles. The third-order valence-electron chi connectivity index (χ3n) is 2.19. The number of aliphatic hydroxyl groups is 1. The summed E-state index contributed by atoms with van der Waals surface area (Å²) in [5.41, 5.74) is 9.96. The van der Waals surface area contributed by atoms with Crippen molar-refractivity contribution in [3.8, 4) is 0 Å². The summed E-state index contributed by atoms with van der Waals surface area (Å²) in [6, 6.07) is 0.197. The molecular weight excluding hydrogens is 180 g/mol. The van der Waals surface area contributed by atoms with Crippen LogP contribution in [0.3, 0.4) is 0 Å². The second kappa shape index (κ2) is 4.14. The molecule has 0 amide bonds. The van der Waals surface area contributed by atoms with E-state index in [4.69, 9.17) is 11.5 Å². The van der Waals surface area contributed by atoms with Gasteiger partial charge in [0.1, 0.15) is 0 Å². The van der Waals surface area contributed by atoms with Gasteiger partial charge in [-0.1, -0.05) is 0 Å². The maximum absolute atomic E-state index is 9.62. The third kappa shape index (κ3) is 3.93. The van der Waals surface area contributed by atoms with Crippen LogP contribution in [0.25, 0.3) is 0 Å². The first kappa shape index (κ1) is 11.3. The van der Waals surface area contributed by atoms with Crippen molar-refractivity contribution in [2.75, 3.05) is 19.6 Å². The Hall–Kier alpha value is -0.810. The van der Waals surface area contributed by atoms with E-state index in [9.17, 15) is 5.11 Å². The summed E-state index contributed by atoms with van der Waals surface area (Å²) in [6.45, 7) is 6.07. The first-order valence-electron chi connectivity index (χ1n) is 4.90. The van der Waals surface area contributed by atoms with Gasteiger partial charge in [-0.05, 0) is 20.3 Å². The van der Waals surface area contributed by atoms with Crippen molar-refractivity contribution in [1.82, 2.24) is 4.90 Å². The zero-order chi connectivity index (χ0) is 10.8. The lowest BCUT2D eigenvalue weighted by Gasteiger charge is -2.24. The predicted octanol–water partition coefficient (Wildman–Crippen LogP) is -0.895. The molecule has 0 saturated carbocycles. The van der Waals surface area contributed by atoms with Crippen LogP contribution in [-0.4, -0.2) is 47.2 Å². The van der Waals surface area contributed by atoms with Gasteiger partial charge in [-0.3, -0.25) is 4.90 Å². The van der Waals surface area contributed by atoms with E-state index in [1.165, 1.54) is 0 Å². The number of hydrogen-bond donors (Lipinski definition) is 3. The van der Waals surface area contributed by atoms with Crippen molar-refractivity contribution < 1.29 is 5.11 Å². The average molecular weight is 200 g/mol. The Kier molecular flexibility index (Phi) is 3.34. The Bertz CT molecular complexity index is 217. The van der Waals surface area contributed by atoms with Gasteiger partial charge < -0.3 is 16.6 Å². The molecule has 1 aliphatic heterocycles. The number of aliphatic imine (C=N–C) groups is 1. The molecule has 5 N–H and O–H groups in total. The Balaban J connectivity index is 2.38. The number of nitrogens with zero attached hydrogens (tertiary/aromatic N) is 2. The monoisotopic (exact) mass is 200 g/mol. The highest BCUT2D eigenvalue weighted by atomic mass is 16.3. The normalized spacial score (nSPS) is 23.8. The van der Waals surface area contributed by atoms with Gasteiger partial charge in [0, 0.05) is 19.6 Å². The maximum atomic E-state index is 9.62. The lowest BCUT2D eigenvalue weighted by Crippen LogP contribution is -2.37. The second-order valence-corrected chi connectivity index (χ2v) is 4.54. The Labute approximate surface area is 84.8 Å². The number of rotatable bonds is 3. The molecule has 5 heteroatoms. The van der Waals surface area contributed by atoms with Crippen molar-refractivity contribution in [3.63, 3.8) is 0 Å². The molecule has 0 aliphatic carbocycles. The minimum absolute atomic E-state index is 0.153. The van der Waals surface area contributed by atoms with Gasteiger partial charge in [-0.25, -0.2) is 4.99 Å². The number of hydrogen-bond acceptors (Lipinski definition) is 3. The van der Waals surface area contributed by atoms with Crippen LogP contribution in [0.4, 0.5) is 0 Å². The van der Waals surface area contributed by atoms with E-state index in [1.807, 2.05) is 0 Å². The lowest BCUT2D eigenvalue weighted by atomic mass is 10.1. The summed E-state index contributed by atoms with van der Waals surface area (Å²) >= 11 is 0. The molecule has 0 aromatic heterocycles. The highest BCUT2D eigenvalue weighted by Crippen LogP contribution is 2.15. The topological polar surface area (TPSA) is 87.9 Å². The third-order valence-corrected chi connectivity index (χ3v) is 2.19. The number of guanidine groups is 1. The molecule has 0 unspecified atom stereocenters. The first-order valence-corrected chi connectivity index (χ1v) is 4.90. The van der Waals surface area contributed by atoms with E-state index in [0.29, 0.717) is 6.54 Å². The molecule has 0 aromatic rings. The first-order chi connectivity index (χ1) is 6.37. The maximum Gasteiger partial charge on any atom is 0.186 e. The number of likely N-dealkylation sites (tertiary alicyclic amines) is 1. The van der Waals surface area contributed by atoms with Crippen molar-refractivity contribution in [2.24, 2.45) is 16.5 Å². The molecule has 14 heavy (non-hydrogen) atoms. The van der Waals surface area contributed by atoms with E-state index in [2.05, 4.69) is 9.89 Å². The molecule has 1 saturated heterocycles. The van der Waals surface area contributed by atoms with Crippen molar-refractivity contribution >= 4 is 5.96 Å². The van der Waals surface area contributed by atoms with Crippen molar-refractivity contribution in [1.29, 1.82) is 0 Å². The molecule has 82 valence electrons. The van der Waals surface area contributed by atoms with Gasteiger partial charge in [-0.2, -0.15) is 0 Å². The van der Waals surface area contributed by atoms with E-state index in [0.717, 1.165) is 19.5 Å². The molecule has 0 radical (unpaired) electrons. The minimum atomic E-state index is -0.646. The second-order valence-electron chi connectivity index (χ2n) is 4.54. The fourth-order valence-electron chi connectivity index (χ4n) is 1.82. The highest BCUT2D eigenvalue weighted by molar-refractivity contribution is 5.75. The van der Waals surface area contributed by atoms with Crippen LogP contribution in [0.15, 0.2) is 4.99 Å². The summed E-state index contributed by atoms with van der Waals surface area (Å²) < 4.78 is 0. The number of nitrogens with two attached hydrogens (primary N) is 2. The summed E-state index contributed by atoms with van der Waals surface area (Å²) in [5.74, 6) is 0.153. The van der Waals surface area contributed by atoms with Crippen LogP contribution in [0.2, 0.25) is 0 Å². The molecular formula is C9H20N4O. The van der Waals surface area contributed by atoms with E-state index >= 15 is 0 Å². The Morgan fingerprint density at radius 2 is 2.21 bits per heavy atom. The highest BCUT2D eigenvalue weighted by Gasteiger charge is 2.26. The van der Waals surface area contributed by atoms with Crippen LogP contribution in [0, 0.1) is 0 Å². The molecule has 1 fully saturated rings. The van der Waals surface area contributed by atoms with Crippen molar-refractivity contribution in [2.45, 2.75) is 31.9 Å². The summed E-state index contributed by atoms with van der Waals surface area (Å²) in [7, 11) is 0. The summed E-state index contributed by atoms with van der Waals surface area (Å²) in [4.78, 5) is 6.28. The molecule has 1 rings (SSSR count). The molecule has 5 nitrogen and oxygen atoms in total. The minimum Gasteiger partial charge on any atom is -0.389 e. The molecule has 1 atom stereocenters. The molecule has 0 bridgehead atoms. The standard InChI is InChI=1S/C9H20N4O/c1-9(2,14)6-13-4-3-7(5-13)12-8(10)11/h7,14H,3-6H2,1-2H3,(H4,10,11,12)/t7-/m0/s1. The summed E-state index contributed by atoms with van der Waals surface area (Å²) in [5, 5.41) is 9.62. The van der Waals surface area contributed by atoms with Crippen LogP contribution < -0.4 is 11.5 Å². The van der Waals surface area contributed by atoms with Crippen LogP contribution in [0.5, 0.6) is 0 Å². The van der Waals surface area contributed by atoms with Crippen LogP contribution in [0.1, 0.15) is 20.3 Å².